The predicted octanol–water partition coefficient (Wildman–Crippen LogP) is 1.74. The summed E-state index contributed by atoms with van der Waals surface area (Å²) in [6.45, 7) is 5.84. The van der Waals surface area contributed by atoms with Crippen molar-refractivity contribution < 1.29 is 17.9 Å². The first-order valence-electron chi connectivity index (χ1n) is 6.09. The Morgan fingerprint density at radius 3 is 2.68 bits per heavy atom. The van der Waals surface area contributed by atoms with Gasteiger partial charge in [0.25, 0.3) is 0 Å². The minimum atomic E-state index is -1.80. The highest BCUT2D eigenvalue weighted by atomic mass is 32.2. The lowest BCUT2D eigenvalue weighted by Crippen LogP contribution is -2.26. The van der Waals surface area contributed by atoms with Crippen LogP contribution in [0.25, 0.3) is 0 Å². The van der Waals surface area contributed by atoms with Crippen LogP contribution in [0.5, 0.6) is 0 Å². The van der Waals surface area contributed by atoms with Crippen LogP contribution < -0.4 is 5.14 Å². The van der Waals surface area contributed by atoms with E-state index in [0.717, 1.165) is 11.1 Å². The van der Waals surface area contributed by atoms with Gasteiger partial charge < -0.3 is 9.47 Å². The van der Waals surface area contributed by atoms with Gasteiger partial charge in [-0.1, -0.05) is 24.3 Å². The zero-order valence-electron chi connectivity index (χ0n) is 11.3. The monoisotopic (exact) mass is 285 g/mol. The molecule has 6 heteroatoms. The second-order valence-electron chi connectivity index (χ2n) is 5.00. The third-order valence-electron chi connectivity index (χ3n) is 3.03. The Hall–Kier alpha value is -0.790. The predicted molar refractivity (Wildman–Crippen MR) is 72.2 cm³/mol. The summed E-state index contributed by atoms with van der Waals surface area (Å²) in [5, 5.41) is 5.11. The van der Waals surface area contributed by atoms with Gasteiger partial charge in [0.15, 0.2) is 5.79 Å². The first-order valence-corrected chi connectivity index (χ1v) is 7.23. The molecule has 106 valence electrons. The van der Waals surface area contributed by atoms with Gasteiger partial charge in [-0.3, -0.25) is 4.18 Å². The Labute approximate surface area is 115 Å². The van der Waals surface area contributed by atoms with Gasteiger partial charge in [0.1, 0.15) is 12.2 Å². The topological polar surface area (TPSA) is 70.8 Å². The molecule has 0 radical (unpaired) electrons. The number of benzene rings is 1. The number of aryl methyl sites for hydroxylation is 1. The maximum absolute atomic E-state index is 10.8. The van der Waals surface area contributed by atoms with E-state index in [0.29, 0.717) is 0 Å². The highest BCUT2D eigenvalue weighted by Gasteiger charge is 2.42. The largest absolute Gasteiger partial charge is 0.342 e. The zero-order valence-corrected chi connectivity index (χ0v) is 12.1. The second-order valence-corrected chi connectivity index (χ2v) is 5.75. The minimum absolute atomic E-state index is 0.130. The van der Waals surface area contributed by atoms with E-state index in [1.807, 2.05) is 45.0 Å². The average molecular weight is 285 g/mol. The molecule has 1 aromatic carbocycles. The summed E-state index contributed by atoms with van der Waals surface area (Å²) in [4.78, 5) is 0. The fourth-order valence-corrected chi connectivity index (χ4v) is 2.53. The molecule has 0 aliphatic carbocycles. The lowest BCUT2D eigenvalue weighted by molar-refractivity contribution is -0.148. The van der Waals surface area contributed by atoms with Gasteiger partial charge in [0.2, 0.25) is 11.3 Å². The highest BCUT2D eigenvalue weighted by Crippen LogP contribution is 2.39. The Bertz CT molecular complexity index is 477. The smallest absolute Gasteiger partial charge is 0.231 e. The highest BCUT2D eigenvalue weighted by molar-refractivity contribution is 7.77. The summed E-state index contributed by atoms with van der Waals surface area (Å²) in [6, 6.07) is 7.94. The van der Waals surface area contributed by atoms with Crippen molar-refractivity contribution in [2.45, 2.75) is 38.8 Å². The molecule has 1 aliphatic heterocycles. The number of nitrogens with two attached hydrogens (primary N) is 1. The fourth-order valence-electron chi connectivity index (χ4n) is 2.26. The molecular weight excluding hydrogens is 266 g/mol. The molecule has 2 rings (SSSR count). The Kier molecular flexibility index (Phi) is 4.37. The fraction of sp³-hybridized carbons (Fsp3) is 0.538. The van der Waals surface area contributed by atoms with E-state index in [4.69, 9.17) is 18.8 Å². The first kappa shape index (κ1) is 14.6. The van der Waals surface area contributed by atoms with E-state index < -0.39 is 17.1 Å². The summed E-state index contributed by atoms with van der Waals surface area (Å²) in [5.41, 5.74) is 2.16. The number of ether oxygens (including phenoxy) is 2. The van der Waals surface area contributed by atoms with Gasteiger partial charge in [-0.05, 0) is 31.9 Å². The summed E-state index contributed by atoms with van der Waals surface area (Å²) in [7, 11) is 0. The van der Waals surface area contributed by atoms with Crippen LogP contribution in [0.15, 0.2) is 24.3 Å². The summed E-state index contributed by atoms with van der Waals surface area (Å²) in [6.07, 6.45) is -0.580. The molecular formula is C13H19NO4S. The maximum atomic E-state index is 10.8. The third-order valence-corrected chi connectivity index (χ3v) is 3.40. The normalized spacial score (nSPS) is 27.4. The van der Waals surface area contributed by atoms with Gasteiger partial charge in [-0.15, -0.1) is 0 Å². The molecule has 0 bridgehead atoms. The Morgan fingerprint density at radius 2 is 2.05 bits per heavy atom. The Morgan fingerprint density at radius 1 is 1.37 bits per heavy atom. The quantitative estimate of drug-likeness (QED) is 0.914. The van der Waals surface area contributed by atoms with Crippen LogP contribution in [0.2, 0.25) is 0 Å². The van der Waals surface area contributed by atoms with Crippen molar-refractivity contribution in [3.8, 4) is 0 Å². The van der Waals surface area contributed by atoms with Crippen molar-refractivity contribution in [2.24, 2.45) is 5.14 Å². The Balaban J connectivity index is 2.21. The molecule has 1 saturated heterocycles. The van der Waals surface area contributed by atoms with Gasteiger partial charge in [0.05, 0.1) is 6.61 Å². The lowest BCUT2D eigenvalue weighted by atomic mass is 10.00. The molecule has 0 saturated carbocycles. The van der Waals surface area contributed by atoms with Crippen LogP contribution in [-0.4, -0.2) is 22.7 Å². The molecule has 2 N–H and O–H groups in total. The summed E-state index contributed by atoms with van der Waals surface area (Å²) < 4.78 is 27.5. The van der Waals surface area contributed by atoms with E-state index >= 15 is 0 Å². The van der Waals surface area contributed by atoms with Crippen LogP contribution in [0, 0.1) is 6.92 Å². The van der Waals surface area contributed by atoms with Crippen LogP contribution in [-0.2, 0) is 24.9 Å². The number of hydrogen-bond acceptors (Lipinski definition) is 4. The number of rotatable bonds is 4. The molecule has 3 atom stereocenters. The van der Waals surface area contributed by atoms with E-state index in [1.165, 1.54) is 0 Å². The molecule has 1 unspecified atom stereocenters. The molecule has 1 fully saturated rings. The van der Waals surface area contributed by atoms with Crippen molar-refractivity contribution in [2.75, 3.05) is 6.61 Å². The lowest BCUT2D eigenvalue weighted by Gasteiger charge is -2.18. The summed E-state index contributed by atoms with van der Waals surface area (Å²) >= 11 is -1.80. The van der Waals surface area contributed by atoms with Crippen molar-refractivity contribution in [3.63, 3.8) is 0 Å². The van der Waals surface area contributed by atoms with Crippen LogP contribution in [0.1, 0.15) is 31.1 Å². The standard InChI is InChI=1S/C13H19NO4S/c1-9-6-4-5-7-10(9)12-11(8-16-19(14)15)17-13(2,3)18-12/h4-7,11-12H,8,14H2,1-3H3/t11-,12-,19?/m1/s1. The van der Waals surface area contributed by atoms with Crippen molar-refractivity contribution in [1.82, 2.24) is 0 Å². The molecule has 0 amide bonds. The first-order chi connectivity index (χ1) is 8.89. The molecule has 1 aromatic rings. The van der Waals surface area contributed by atoms with Gasteiger partial charge in [0, 0.05) is 0 Å². The van der Waals surface area contributed by atoms with Crippen LogP contribution in [0.3, 0.4) is 0 Å². The number of hydrogen-bond donors (Lipinski definition) is 1. The van der Waals surface area contributed by atoms with Crippen molar-refractivity contribution >= 4 is 11.3 Å². The molecule has 0 spiro atoms. The van der Waals surface area contributed by atoms with Crippen molar-refractivity contribution in [1.29, 1.82) is 0 Å². The minimum Gasteiger partial charge on any atom is -0.342 e. The van der Waals surface area contributed by atoms with E-state index in [2.05, 4.69) is 0 Å². The zero-order chi connectivity index (χ0) is 14.0. The van der Waals surface area contributed by atoms with Crippen LogP contribution >= 0.6 is 0 Å². The second kappa shape index (κ2) is 5.68. The average Bonchev–Trinajstić information content (AvgIpc) is 2.62. The molecule has 19 heavy (non-hydrogen) atoms. The van der Waals surface area contributed by atoms with Gasteiger partial charge in [-0.25, -0.2) is 9.35 Å². The molecule has 5 nitrogen and oxygen atoms in total. The maximum Gasteiger partial charge on any atom is 0.231 e. The molecule has 1 aliphatic rings. The van der Waals surface area contributed by atoms with Gasteiger partial charge in [-0.2, -0.15) is 0 Å². The van der Waals surface area contributed by atoms with Gasteiger partial charge >= 0.3 is 0 Å². The van der Waals surface area contributed by atoms with E-state index in [9.17, 15) is 4.21 Å². The molecule has 1 heterocycles. The van der Waals surface area contributed by atoms with E-state index in [1.54, 1.807) is 0 Å². The van der Waals surface area contributed by atoms with Crippen LogP contribution in [0.4, 0.5) is 0 Å². The summed E-state index contributed by atoms with van der Waals surface area (Å²) in [5.74, 6) is -0.697. The SMILES string of the molecule is Cc1ccccc1[C@H]1OC(C)(C)O[C@@H]1COS(N)=O. The molecule has 0 aromatic heterocycles. The van der Waals surface area contributed by atoms with Crippen molar-refractivity contribution in [3.05, 3.63) is 35.4 Å². The third kappa shape index (κ3) is 3.61. The van der Waals surface area contributed by atoms with E-state index in [-0.39, 0.29) is 18.8 Å².